The first kappa shape index (κ1) is 11.4. The summed E-state index contributed by atoms with van der Waals surface area (Å²) in [5, 5.41) is 6.74. The van der Waals surface area contributed by atoms with Crippen LogP contribution in [0.5, 0.6) is 0 Å². The highest BCUT2D eigenvalue weighted by molar-refractivity contribution is 5.64. The molecule has 0 radical (unpaired) electrons. The molecule has 6 heteroatoms. The Kier molecular flexibility index (Phi) is 2.71. The van der Waals surface area contributed by atoms with Crippen molar-refractivity contribution < 1.29 is 8.78 Å². The van der Waals surface area contributed by atoms with Gasteiger partial charge in [0.15, 0.2) is 11.6 Å². The van der Waals surface area contributed by atoms with Crippen LogP contribution in [-0.4, -0.2) is 9.78 Å². The van der Waals surface area contributed by atoms with Gasteiger partial charge in [-0.2, -0.15) is 5.10 Å². The van der Waals surface area contributed by atoms with Crippen LogP contribution in [-0.2, 0) is 7.05 Å². The topological polar surface area (TPSA) is 55.9 Å². The van der Waals surface area contributed by atoms with Gasteiger partial charge >= 0.3 is 0 Å². The Hall–Kier alpha value is -2.11. The fourth-order valence-corrected chi connectivity index (χ4v) is 1.57. The Labute approximate surface area is 97.0 Å². The summed E-state index contributed by atoms with van der Waals surface area (Å²) in [6.07, 6.45) is 1.64. The van der Waals surface area contributed by atoms with Gasteiger partial charge in [-0.1, -0.05) is 0 Å². The predicted octanol–water partition coefficient (Wildman–Crippen LogP) is 2.33. The first-order valence-electron chi connectivity index (χ1n) is 4.99. The summed E-state index contributed by atoms with van der Waals surface area (Å²) in [5.74, 6) is -1.46. The van der Waals surface area contributed by atoms with Crippen LogP contribution < -0.4 is 11.1 Å². The largest absolute Gasteiger partial charge is 0.399 e. The number of nitrogens with zero attached hydrogens (tertiary/aromatic N) is 2. The molecule has 0 aliphatic heterocycles. The summed E-state index contributed by atoms with van der Waals surface area (Å²) in [6, 6.07) is 2.13. The van der Waals surface area contributed by atoms with E-state index in [4.69, 9.17) is 5.73 Å². The van der Waals surface area contributed by atoms with Crippen molar-refractivity contribution in [1.29, 1.82) is 0 Å². The number of nitrogens with two attached hydrogens (primary N) is 1. The zero-order valence-corrected chi connectivity index (χ0v) is 9.46. The minimum Gasteiger partial charge on any atom is -0.399 e. The number of nitrogens with one attached hydrogen (secondary N) is 1. The maximum absolute atomic E-state index is 13.5. The van der Waals surface area contributed by atoms with Crippen LogP contribution in [0.4, 0.5) is 25.8 Å². The normalized spacial score (nSPS) is 10.6. The molecule has 0 saturated heterocycles. The second-order valence-electron chi connectivity index (χ2n) is 3.79. The van der Waals surface area contributed by atoms with Gasteiger partial charge in [0.2, 0.25) is 0 Å². The Balaban J connectivity index is 2.39. The molecule has 0 fully saturated rings. The van der Waals surface area contributed by atoms with Gasteiger partial charge < -0.3 is 11.1 Å². The number of halogens is 2. The van der Waals surface area contributed by atoms with E-state index in [0.29, 0.717) is 11.4 Å². The molecule has 1 heterocycles. The molecular weight excluding hydrogens is 226 g/mol. The van der Waals surface area contributed by atoms with E-state index in [1.165, 1.54) is 0 Å². The quantitative estimate of drug-likeness (QED) is 0.789. The van der Waals surface area contributed by atoms with E-state index in [2.05, 4.69) is 10.4 Å². The van der Waals surface area contributed by atoms with Gasteiger partial charge in [-0.3, -0.25) is 4.68 Å². The lowest BCUT2D eigenvalue weighted by Crippen LogP contribution is -1.99. The van der Waals surface area contributed by atoms with Gasteiger partial charge in [0.1, 0.15) is 5.69 Å². The maximum atomic E-state index is 13.5. The number of aryl methyl sites for hydroxylation is 2. The lowest BCUT2D eigenvalue weighted by atomic mass is 10.2. The molecule has 4 nitrogen and oxygen atoms in total. The van der Waals surface area contributed by atoms with Gasteiger partial charge in [-0.15, -0.1) is 0 Å². The summed E-state index contributed by atoms with van der Waals surface area (Å²) in [7, 11) is 1.73. The fourth-order valence-electron chi connectivity index (χ4n) is 1.57. The van der Waals surface area contributed by atoms with Crippen molar-refractivity contribution in [2.75, 3.05) is 11.1 Å². The average Bonchev–Trinajstić information content (AvgIpc) is 2.51. The summed E-state index contributed by atoms with van der Waals surface area (Å²) in [6.45, 7) is 1.75. The van der Waals surface area contributed by atoms with Crippen molar-refractivity contribution in [2.45, 2.75) is 6.92 Å². The molecule has 2 aromatic rings. The van der Waals surface area contributed by atoms with Crippen molar-refractivity contribution in [2.24, 2.45) is 7.05 Å². The van der Waals surface area contributed by atoms with Gasteiger partial charge in [0.05, 0.1) is 11.4 Å². The minimum absolute atomic E-state index is 0.0495. The zero-order valence-electron chi connectivity index (χ0n) is 9.46. The highest BCUT2D eigenvalue weighted by atomic mass is 19.1. The molecule has 3 N–H and O–H groups in total. The first-order chi connectivity index (χ1) is 7.97. The van der Waals surface area contributed by atoms with E-state index in [1.54, 1.807) is 24.9 Å². The molecule has 0 amide bonds. The summed E-state index contributed by atoms with van der Waals surface area (Å²) in [4.78, 5) is 0. The molecule has 0 aliphatic rings. The van der Waals surface area contributed by atoms with Gasteiger partial charge in [-0.25, -0.2) is 8.78 Å². The molecule has 0 saturated carbocycles. The van der Waals surface area contributed by atoms with Gasteiger partial charge in [-0.05, 0) is 19.1 Å². The van der Waals surface area contributed by atoms with Gasteiger partial charge in [0.25, 0.3) is 0 Å². The number of aromatic nitrogens is 2. The number of hydrogen-bond donors (Lipinski definition) is 2. The molecule has 2 rings (SSSR count). The third-order valence-electron chi connectivity index (χ3n) is 2.34. The van der Waals surface area contributed by atoms with Crippen LogP contribution in [0.25, 0.3) is 0 Å². The second kappa shape index (κ2) is 4.04. The summed E-state index contributed by atoms with van der Waals surface area (Å²) >= 11 is 0. The number of nitrogen functional groups attached to an aromatic ring is 1. The average molecular weight is 238 g/mol. The molecule has 17 heavy (non-hydrogen) atoms. The van der Waals surface area contributed by atoms with Crippen LogP contribution in [0.15, 0.2) is 18.3 Å². The monoisotopic (exact) mass is 238 g/mol. The highest BCUT2D eigenvalue weighted by Gasteiger charge is 2.12. The molecule has 0 atom stereocenters. The van der Waals surface area contributed by atoms with E-state index >= 15 is 0 Å². The van der Waals surface area contributed by atoms with Crippen LogP contribution in [0.1, 0.15) is 5.69 Å². The van der Waals surface area contributed by atoms with Crippen molar-refractivity contribution in [3.63, 3.8) is 0 Å². The fraction of sp³-hybridized carbons (Fsp3) is 0.182. The third kappa shape index (κ3) is 2.20. The highest BCUT2D eigenvalue weighted by Crippen LogP contribution is 2.26. The van der Waals surface area contributed by atoms with Crippen molar-refractivity contribution >= 4 is 17.1 Å². The number of rotatable bonds is 2. The smallest absolute Gasteiger partial charge is 0.151 e. The number of anilines is 3. The van der Waals surface area contributed by atoms with E-state index < -0.39 is 11.6 Å². The van der Waals surface area contributed by atoms with Crippen molar-refractivity contribution in [3.8, 4) is 0 Å². The zero-order chi connectivity index (χ0) is 12.6. The standard InChI is InChI=1S/C11H12F2N4/c1-6-10(5-17(2)16-6)15-11-8(12)3-7(14)4-9(11)13/h3-5,15H,14H2,1-2H3. The molecule has 90 valence electrons. The van der Waals surface area contributed by atoms with Crippen LogP contribution in [0.2, 0.25) is 0 Å². The van der Waals surface area contributed by atoms with E-state index in [0.717, 1.165) is 12.1 Å². The van der Waals surface area contributed by atoms with Crippen LogP contribution in [0.3, 0.4) is 0 Å². The van der Waals surface area contributed by atoms with Crippen LogP contribution in [0, 0.1) is 18.6 Å². The molecule has 0 bridgehead atoms. The van der Waals surface area contributed by atoms with E-state index in [-0.39, 0.29) is 11.4 Å². The first-order valence-corrected chi connectivity index (χ1v) is 4.99. The molecule has 1 aromatic heterocycles. The van der Waals surface area contributed by atoms with Crippen molar-refractivity contribution in [3.05, 3.63) is 35.7 Å². The summed E-state index contributed by atoms with van der Waals surface area (Å²) in [5.41, 5.74) is 6.36. The Morgan fingerprint density at radius 3 is 2.35 bits per heavy atom. The Morgan fingerprint density at radius 2 is 1.88 bits per heavy atom. The predicted molar refractivity (Wildman–Crippen MR) is 62.0 cm³/mol. The molecule has 0 aliphatic carbocycles. The van der Waals surface area contributed by atoms with Crippen molar-refractivity contribution in [1.82, 2.24) is 9.78 Å². The number of benzene rings is 1. The van der Waals surface area contributed by atoms with E-state index in [9.17, 15) is 8.78 Å². The SMILES string of the molecule is Cc1nn(C)cc1Nc1c(F)cc(N)cc1F. The maximum Gasteiger partial charge on any atom is 0.151 e. The Bertz CT molecular complexity index is 540. The molecule has 0 spiro atoms. The van der Waals surface area contributed by atoms with Gasteiger partial charge in [0, 0.05) is 18.9 Å². The summed E-state index contributed by atoms with van der Waals surface area (Å²) < 4.78 is 28.6. The van der Waals surface area contributed by atoms with E-state index in [1.807, 2.05) is 0 Å². The van der Waals surface area contributed by atoms with Crippen LogP contribution >= 0.6 is 0 Å². The molecular formula is C11H12F2N4. The Morgan fingerprint density at radius 1 is 1.29 bits per heavy atom. The lowest BCUT2D eigenvalue weighted by molar-refractivity contribution is 0.592. The third-order valence-corrected chi connectivity index (χ3v) is 2.34. The number of hydrogen-bond acceptors (Lipinski definition) is 3. The molecule has 0 unspecified atom stereocenters. The lowest BCUT2D eigenvalue weighted by Gasteiger charge is -2.08. The molecule has 1 aromatic carbocycles. The minimum atomic E-state index is -0.731. The second-order valence-corrected chi connectivity index (χ2v) is 3.79.